The van der Waals surface area contributed by atoms with Crippen LogP contribution in [0.3, 0.4) is 0 Å². The summed E-state index contributed by atoms with van der Waals surface area (Å²) in [5, 5.41) is 20.0. The van der Waals surface area contributed by atoms with Gasteiger partial charge in [0.05, 0.1) is 0 Å². The lowest BCUT2D eigenvalue weighted by Crippen LogP contribution is -2.28. The Labute approximate surface area is 99.7 Å². The third-order valence-corrected chi connectivity index (χ3v) is 2.84. The second-order valence-electron chi connectivity index (χ2n) is 4.32. The molecular weight excluding hydrogens is 200 g/mol. The molecule has 2 nitrogen and oxygen atoms in total. The van der Waals surface area contributed by atoms with Gasteiger partial charge in [0.25, 0.3) is 0 Å². The third-order valence-electron chi connectivity index (χ3n) is 2.84. The average molecular weight is 226 g/mol. The molecular formula is C14H26O2. The van der Waals surface area contributed by atoms with E-state index in [0.717, 1.165) is 38.5 Å². The topological polar surface area (TPSA) is 40.5 Å². The van der Waals surface area contributed by atoms with E-state index >= 15 is 0 Å². The van der Waals surface area contributed by atoms with E-state index in [2.05, 4.69) is 20.4 Å². The van der Waals surface area contributed by atoms with Gasteiger partial charge in [-0.25, -0.2) is 0 Å². The van der Waals surface area contributed by atoms with Crippen LogP contribution < -0.4 is 0 Å². The molecule has 0 aromatic heterocycles. The number of allylic oxidation sites excluding steroid dienone is 1. The van der Waals surface area contributed by atoms with Gasteiger partial charge < -0.3 is 10.2 Å². The Morgan fingerprint density at radius 3 is 2.31 bits per heavy atom. The van der Waals surface area contributed by atoms with E-state index in [4.69, 9.17) is 0 Å². The van der Waals surface area contributed by atoms with Gasteiger partial charge in [0.1, 0.15) is 11.4 Å². The first-order chi connectivity index (χ1) is 7.60. The Balaban J connectivity index is 4.30. The molecule has 16 heavy (non-hydrogen) atoms. The molecule has 0 fully saturated rings. The fraction of sp³-hybridized carbons (Fsp3) is 0.714. The first-order valence-corrected chi connectivity index (χ1v) is 6.36. The van der Waals surface area contributed by atoms with Crippen molar-refractivity contribution in [2.24, 2.45) is 0 Å². The minimum atomic E-state index is -1.22. The highest BCUT2D eigenvalue weighted by Crippen LogP contribution is 2.24. The molecule has 2 heteroatoms. The van der Waals surface area contributed by atoms with E-state index < -0.39 is 5.60 Å². The lowest BCUT2D eigenvalue weighted by atomic mass is 9.93. The molecule has 2 N–H and O–H groups in total. The molecule has 1 unspecified atom stereocenters. The van der Waals surface area contributed by atoms with Crippen LogP contribution in [0.25, 0.3) is 0 Å². The predicted octanol–water partition coefficient (Wildman–Crippen LogP) is 4.12. The number of unbranched alkanes of at least 4 members (excludes halogenated alkanes) is 4. The van der Waals surface area contributed by atoms with Gasteiger partial charge in [-0.15, -0.1) is 0 Å². The summed E-state index contributed by atoms with van der Waals surface area (Å²) >= 11 is 0. The van der Waals surface area contributed by atoms with Crippen molar-refractivity contribution in [1.82, 2.24) is 0 Å². The molecule has 0 radical (unpaired) electrons. The SMILES string of the molecule is C=CC(O)(CCCCC)/C(O)=C/CCCC. The maximum atomic E-state index is 10.2. The van der Waals surface area contributed by atoms with E-state index in [1.165, 1.54) is 6.08 Å². The van der Waals surface area contributed by atoms with E-state index in [0.29, 0.717) is 6.42 Å². The van der Waals surface area contributed by atoms with Crippen molar-refractivity contribution in [3.63, 3.8) is 0 Å². The molecule has 0 aromatic carbocycles. The fourth-order valence-electron chi connectivity index (χ4n) is 1.60. The van der Waals surface area contributed by atoms with E-state index in [-0.39, 0.29) is 5.76 Å². The smallest absolute Gasteiger partial charge is 0.139 e. The molecule has 94 valence electrons. The molecule has 0 aromatic rings. The summed E-state index contributed by atoms with van der Waals surface area (Å²) in [6, 6.07) is 0. The molecule has 0 aliphatic rings. The number of hydrogen-bond donors (Lipinski definition) is 2. The molecule has 0 heterocycles. The second kappa shape index (κ2) is 8.40. The van der Waals surface area contributed by atoms with Crippen molar-refractivity contribution in [3.8, 4) is 0 Å². The Hall–Kier alpha value is -0.760. The van der Waals surface area contributed by atoms with Crippen molar-refractivity contribution in [2.45, 2.75) is 64.4 Å². The van der Waals surface area contributed by atoms with Gasteiger partial charge in [-0.2, -0.15) is 0 Å². The molecule has 0 aliphatic carbocycles. The van der Waals surface area contributed by atoms with Crippen LogP contribution in [0.4, 0.5) is 0 Å². The van der Waals surface area contributed by atoms with Crippen LogP contribution in [-0.2, 0) is 0 Å². The number of rotatable bonds is 9. The summed E-state index contributed by atoms with van der Waals surface area (Å²) in [7, 11) is 0. The molecule has 0 aliphatic heterocycles. The van der Waals surface area contributed by atoms with Crippen molar-refractivity contribution in [2.75, 3.05) is 0 Å². The highest BCUT2D eigenvalue weighted by Gasteiger charge is 2.26. The van der Waals surface area contributed by atoms with Crippen molar-refractivity contribution < 1.29 is 10.2 Å². The van der Waals surface area contributed by atoms with Crippen LogP contribution >= 0.6 is 0 Å². The molecule has 0 amide bonds. The lowest BCUT2D eigenvalue weighted by molar-refractivity contribution is 0.0692. The first-order valence-electron chi connectivity index (χ1n) is 6.36. The largest absolute Gasteiger partial charge is 0.509 e. The van der Waals surface area contributed by atoms with E-state index in [1.54, 1.807) is 6.08 Å². The lowest BCUT2D eigenvalue weighted by Gasteiger charge is -2.23. The normalized spacial score (nSPS) is 15.8. The Kier molecular flexibility index (Phi) is 8.00. The molecule has 0 saturated carbocycles. The molecule has 1 atom stereocenters. The van der Waals surface area contributed by atoms with E-state index in [1.807, 2.05) is 0 Å². The summed E-state index contributed by atoms with van der Waals surface area (Å²) in [5.74, 6) is 0.0621. The second-order valence-corrected chi connectivity index (χ2v) is 4.32. The van der Waals surface area contributed by atoms with Gasteiger partial charge in [0.2, 0.25) is 0 Å². The number of aliphatic hydroxyl groups excluding tert-OH is 1. The van der Waals surface area contributed by atoms with Gasteiger partial charge in [-0.1, -0.05) is 45.8 Å². The zero-order chi connectivity index (χ0) is 12.4. The third kappa shape index (κ3) is 5.36. The minimum absolute atomic E-state index is 0.0621. The molecule has 0 spiro atoms. The van der Waals surface area contributed by atoms with Crippen LogP contribution in [0.5, 0.6) is 0 Å². The maximum Gasteiger partial charge on any atom is 0.139 e. The predicted molar refractivity (Wildman–Crippen MR) is 69.5 cm³/mol. The summed E-state index contributed by atoms with van der Waals surface area (Å²) in [6.07, 6.45) is 9.73. The highest BCUT2D eigenvalue weighted by atomic mass is 16.3. The highest BCUT2D eigenvalue weighted by molar-refractivity contribution is 5.17. The molecule has 0 saturated heterocycles. The van der Waals surface area contributed by atoms with Gasteiger partial charge in [-0.3, -0.25) is 0 Å². The number of hydrogen-bond acceptors (Lipinski definition) is 2. The van der Waals surface area contributed by atoms with Gasteiger partial charge in [0.15, 0.2) is 0 Å². The standard InChI is InChI=1S/C14H26O2/c1-4-7-9-11-13(15)14(16,6-3)12-10-8-5-2/h6,11,15-16H,3-5,7-10,12H2,1-2H3/b13-11-. The quantitative estimate of drug-likeness (QED) is 0.353. The maximum absolute atomic E-state index is 10.2. The summed E-state index contributed by atoms with van der Waals surface area (Å²) < 4.78 is 0. The van der Waals surface area contributed by atoms with Crippen molar-refractivity contribution >= 4 is 0 Å². The monoisotopic (exact) mass is 226 g/mol. The van der Waals surface area contributed by atoms with Crippen molar-refractivity contribution in [1.29, 1.82) is 0 Å². The van der Waals surface area contributed by atoms with Crippen LogP contribution in [0.15, 0.2) is 24.5 Å². The van der Waals surface area contributed by atoms with E-state index in [9.17, 15) is 10.2 Å². The summed E-state index contributed by atoms with van der Waals surface area (Å²) in [4.78, 5) is 0. The zero-order valence-corrected chi connectivity index (χ0v) is 10.7. The van der Waals surface area contributed by atoms with Crippen LogP contribution in [0.1, 0.15) is 58.8 Å². The minimum Gasteiger partial charge on any atom is -0.509 e. The zero-order valence-electron chi connectivity index (χ0n) is 10.7. The number of aliphatic hydroxyl groups is 2. The Morgan fingerprint density at radius 1 is 1.19 bits per heavy atom. The van der Waals surface area contributed by atoms with Gasteiger partial charge in [-0.05, 0) is 31.8 Å². The van der Waals surface area contributed by atoms with Gasteiger partial charge in [0, 0.05) is 0 Å². The van der Waals surface area contributed by atoms with Crippen LogP contribution in [0.2, 0.25) is 0 Å². The Morgan fingerprint density at radius 2 is 1.81 bits per heavy atom. The first kappa shape index (κ1) is 15.2. The van der Waals surface area contributed by atoms with Crippen molar-refractivity contribution in [3.05, 3.63) is 24.5 Å². The Bertz CT molecular complexity index is 221. The van der Waals surface area contributed by atoms with Crippen LogP contribution in [-0.4, -0.2) is 15.8 Å². The fourth-order valence-corrected chi connectivity index (χ4v) is 1.60. The molecule has 0 rings (SSSR count). The molecule has 0 bridgehead atoms. The summed E-state index contributed by atoms with van der Waals surface area (Å²) in [6.45, 7) is 7.83. The van der Waals surface area contributed by atoms with Crippen LogP contribution in [0, 0.1) is 0 Å². The summed E-state index contributed by atoms with van der Waals surface area (Å²) in [5.41, 5.74) is -1.22. The average Bonchev–Trinajstić information content (AvgIpc) is 2.29. The van der Waals surface area contributed by atoms with Gasteiger partial charge >= 0.3 is 0 Å².